The van der Waals surface area contributed by atoms with E-state index in [4.69, 9.17) is 4.74 Å². The molecule has 2 heterocycles. The van der Waals surface area contributed by atoms with Crippen molar-refractivity contribution in [1.82, 2.24) is 10.2 Å². The van der Waals surface area contributed by atoms with Crippen molar-refractivity contribution < 1.29 is 9.84 Å². The Hall–Kier alpha value is -0.160. The van der Waals surface area contributed by atoms with Gasteiger partial charge in [0.15, 0.2) is 0 Å². The smallest absolute Gasteiger partial charge is 0.0758 e. The minimum absolute atomic E-state index is 0.245. The summed E-state index contributed by atoms with van der Waals surface area (Å²) in [6.45, 7) is 10.8. The summed E-state index contributed by atoms with van der Waals surface area (Å²) in [6.07, 6.45) is 3.29. The van der Waals surface area contributed by atoms with E-state index in [1.165, 1.54) is 6.42 Å². The third kappa shape index (κ3) is 3.67. The fraction of sp³-hybridized carbons (Fsp3) is 1.00. The molecule has 0 aliphatic carbocycles. The van der Waals surface area contributed by atoms with Crippen LogP contribution in [0, 0.1) is 5.41 Å². The lowest BCUT2D eigenvalue weighted by atomic mass is 9.81. The number of rotatable bonds is 5. The molecule has 18 heavy (non-hydrogen) atoms. The van der Waals surface area contributed by atoms with E-state index in [1.807, 2.05) is 6.92 Å². The lowest BCUT2D eigenvalue weighted by molar-refractivity contribution is -0.0269. The molecule has 2 saturated heterocycles. The highest BCUT2D eigenvalue weighted by Gasteiger charge is 2.39. The van der Waals surface area contributed by atoms with Gasteiger partial charge in [0, 0.05) is 38.2 Å². The quantitative estimate of drug-likeness (QED) is 0.765. The highest BCUT2D eigenvalue weighted by molar-refractivity contribution is 4.92. The Morgan fingerprint density at radius 3 is 2.78 bits per heavy atom. The zero-order chi connectivity index (χ0) is 13.1. The van der Waals surface area contributed by atoms with Crippen molar-refractivity contribution in [2.45, 2.75) is 38.7 Å². The molecule has 2 aliphatic heterocycles. The van der Waals surface area contributed by atoms with Crippen molar-refractivity contribution in [2.24, 2.45) is 5.41 Å². The molecule has 2 aliphatic rings. The van der Waals surface area contributed by atoms with Crippen LogP contribution in [-0.2, 0) is 4.74 Å². The summed E-state index contributed by atoms with van der Waals surface area (Å²) in [5, 5.41) is 13.6. The molecule has 2 atom stereocenters. The van der Waals surface area contributed by atoms with Gasteiger partial charge < -0.3 is 15.2 Å². The van der Waals surface area contributed by atoms with Gasteiger partial charge in [-0.1, -0.05) is 6.92 Å². The second-order valence-electron chi connectivity index (χ2n) is 6.39. The molecule has 4 heteroatoms. The van der Waals surface area contributed by atoms with E-state index in [2.05, 4.69) is 17.1 Å². The van der Waals surface area contributed by atoms with Crippen molar-refractivity contribution in [2.75, 3.05) is 45.9 Å². The van der Waals surface area contributed by atoms with Crippen molar-refractivity contribution >= 4 is 0 Å². The Morgan fingerprint density at radius 2 is 2.22 bits per heavy atom. The Bertz CT molecular complexity index is 263. The van der Waals surface area contributed by atoms with Crippen LogP contribution in [-0.4, -0.2) is 61.5 Å². The van der Waals surface area contributed by atoms with Crippen LogP contribution >= 0.6 is 0 Å². The summed E-state index contributed by atoms with van der Waals surface area (Å²) in [7, 11) is 0. The van der Waals surface area contributed by atoms with E-state index < -0.39 is 5.60 Å². The van der Waals surface area contributed by atoms with Crippen LogP contribution in [0.2, 0.25) is 0 Å². The lowest BCUT2D eigenvalue weighted by Crippen LogP contribution is -2.49. The monoisotopic (exact) mass is 256 g/mol. The van der Waals surface area contributed by atoms with E-state index in [9.17, 15) is 5.11 Å². The van der Waals surface area contributed by atoms with Crippen LogP contribution in [0.25, 0.3) is 0 Å². The summed E-state index contributed by atoms with van der Waals surface area (Å²) in [4.78, 5) is 2.41. The molecule has 2 unspecified atom stereocenters. The molecule has 0 aromatic rings. The van der Waals surface area contributed by atoms with Crippen LogP contribution in [0.1, 0.15) is 33.1 Å². The van der Waals surface area contributed by atoms with Gasteiger partial charge in [-0.15, -0.1) is 0 Å². The first kappa shape index (κ1) is 14.3. The van der Waals surface area contributed by atoms with Gasteiger partial charge in [-0.3, -0.25) is 4.90 Å². The average Bonchev–Trinajstić information content (AvgIpc) is 2.67. The lowest BCUT2D eigenvalue weighted by Gasteiger charge is -2.40. The van der Waals surface area contributed by atoms with Crippen LogP contribution in [0.4, 0.5) is 0 Å². The number of ether oxygens (including phenoxy) is 1. The molecule has 0 saturated carbocycles. The van der Waals surface area contributed by atoms with Crippen molar-refractivity contribution in [3.63, 3.8) is 0 Å². The van der Waals surface area contributed by atoms with Gasteiger partial charge in [0.1, 0.15) is 0 Å². The first-order chi connectivity index (χ1) is 8.55. The highest BCUT2D eigenvalue weighted by atomic mass is 16.5. The van der Waals surface area contributed by atoms with E-state index in [1.54, 1.807) is 0 Å². The number of likely N-dealkylation sites (tertiary alicyclic amines) is 1. The number of aliphatic hydroxyl groups is 1. The van der Waals surface area contributed by atoms with Gasteiger partial charge in [-0.05, 0) is 32.7 Å². The normalized spacial score (nSPS) is 38.2. The Morgan fingerprint density at radius 1 is 1.39 bits per heavy atom. The fourth-order valence-electron chi connectivity index (χ4n) is 3.27. The Balaban J connectivity index is 1.92. The first-order valence-corrected chi connectivity index (χ1v) is 7.29. The standard InChI is InChI=1S/C14H28N2O2/c1-3-15-9-14(5-4-8-18-12-14)11-16-7-6-13(2,17)10-16/h15,17H,3-12H2,1-2H3. The minimum atomic E-state index is -0.491. The average molecular weight is 256 g/mol. The van der Waals surface area contributed by atoms with Crippen LogP contribution in [0.3, 0.4) is 0 Å². The van der Waals surface area contributed by atoms with Gasteiger partial charge >= 0.3 is 0 Å². The van der Waals surface area contributed by atoms with Crippen molar-refractivity contribution in [3.8, 4) is 0 Å². The van der Waals surface area contributed by atoms with Crippen molar-refractivity contribution in [3.05, 3.63) is 0 Å². The van der Waals surface area contributed by atoms with E-state index in [0.717, 1.165) is 58.8 Å². The minimum Gasteiger partial charge on any atom is -0.389 e. The molecule has 0 aromatic heterocycles. The molecule has 4 nitrogen and oxygen atoms in total. The third-order valence-electron chi connectivity index (χ3n) is 4.24. The molecular formula is C14H28N2O2. The van der Waals surface area contributed by atoms with Crippen LogP contribution in [0.5, 0.6) is 0 Å². The maximum atomic E-state index is 10.1. The van der Waals surface area contributed by atoms with Gasteiger partial charge in [0.05, 0.1) is 12.2 Å². The molecule has 0 spiro atoms. The molecule has 0 aromatic carbocycles. The van der Waals surface area contributed by atoms with E-state index in [0.29, 0.717) is 0 Å². The second-order valence-corrected chi connectivity index (χ2v) is 6.39. The number of hydrogen-bond donors (Lipinski definition) is 2. The molecule has 2 fully saturated rings. The summed E-state index contributed by atoms with van der Waals surface area (Å²) in [5.41, 5.74) is -0.246. The maximum Gasteiger partial charge on any atom is 0.0758 e. The second kappa shape index (κ2) is 5.87. The van der Waals surface area contributed by atoms with Gasteiger partial charge in [0.2, 0.25) is 0 Å². The predicted molar refractivity (Wildman–Crippen MR) is 72.7 cm³/mol. The summed E-state index contributed by atoms with van der Waals surface area (Å²) < 4.78 is 5.72. The summed E-state index contributed by atoms with van der Waals surface area (Å²) >= 11 is 0. The van der Waals surface area contributed by atoms with E-state index in [-0.39, 0.29) is 5.41 Å². The van der Waals surface area contributed by atoms with Crippen LogP contribution < -0.4 is 5.32 Å². The summed E-state index contributed by atoms with van der Waals surface area (Å²) in [5.74, 6) is 0. The number of hydrogen-bond acceptors (Lipinski definition) is 4. The largest absolute Gasteiger partial charge is 0.389 e. The third-order valence-corrected chi connectivity index (χ3v) is 4.24. The van der Waals surface area contributed by atoms with Crippen molar-refractivity contribution in [1.29, 1.82) is 0 Å². The number of β-amino-alcohol motifs (C(OH)–C–C–N with tert-alkyl or cyclic N) is 1. The first-order valence-electron chi connectivity index (χ1n) is 7.29. The molecule has 2 N–H and O–H groups in total. The number of nitrogens with one attached hydrogen (secondary N) is 1. The Kier molecular flexibility index (Phi) is 4.64. The topological polar surface area (TPSA) is 44.7 Å². The molecule has 0 radical (unpaired) electrons. The maximum absolute atomic E-state index is 10.1. The van der Waals surface area contributed by atoms with Gasteiger partial charge in [-0.2, -0.15) is 0 Å². The molecule has 106 valence electrons. The number of nitrogens with zero attached hydrogens (tertiary/aromatic N) is 1. The zero-order valence-electron chi connectivity index (χ0n) is 11.9. The SMILES string of the molecule is CCNCC1(CN2CCC(C)(O)C2)CCCOC1. The summed E-state index contributed by atoms with van der Waals surface area (Å²) in [6, 6.07) is 0. The van der Waals surface area contributed by atoms with Gasteiger partial charge in [-0.25, -0.2) is 0 Å². The Labute approximate surface area is 111 Å². The zero-order valence-corrected chi connectivity index (χ0v) is 11.9. The molecule has 0 bridgehead atoms. The van der Waals surface area contributed by atoms with E-state index >= 15 is 0 Å². The van der Waals surface area contributed by atoms with Crippen LogP contribution in [0.15, 0.2) is 0 Å². The predicted octanol–water partition coefficient (Wildman–Crippen LogP) is 0.849. The molecular weight excluding hydrogens is 228 g/mol. The highest BCUT2D eigenvalue weighted by Crippen LogP contribution is 2.32. The molecule has 0 amide bonds. The fourth-order valence-corrected chi connectivity index (χ4v) is 3.27. The van der Waals surface area contributed by atoms with Gasteiger partial charge in [0.25, 0.3) is 0 Å². The molecule has 2 rings (SSSR count).